The van der Waals surface area contributed by atoms with Crippen LogP contribution in [0.5, 0.6) is 0 Å². The quantitative estimate of drug-likeness (QED) is 0.876. The molecule has 1 aromatic heterocycles. The maximum Gasteiger partial charge on any atom is 0.0840 e. The molecule has 1 atom stereocenters. The molecule has 0 radical (unpaired) electrons. The number of thiophene rings is 1. The van der Waals surface area contributed by atoms with E-state index in [9.17, 15) is 5.11 Å². The molecule has 0 saturated heterocycles. The van der Waals surface area contributed by atoms with Crippen LogP contribution in [0.2, 0.25) is 5.02 Å². The third-order valence-corrected chi connectivity index (χ3v) is 3.73. The highest BCUT2D eigenvalue weighted by atomic mass is 35.5. The number of aliphatic hydroxyl groups excluding tert-OH is 1. The highest BCUT2D eigenvalue weighted by Gasteiger charge is 2.11. The van der Waals surface area contributed by atoms with Crippen molar-refractivity contribution in [3.63, 3.8) is 0 Å². The molecular formula is C13H13ClOS. The van der Waals surface area contributed by atoms with E-state index < -0.39 is 6.10 Å². The third-order valence-electron chi connectivity index (χ3n) is 2.60. The molecule has 1 aromatic carbocycles. The molecule has 1 unspecified atom stereocenters. The van der Waals surface area contributed by atoms with Crippen LogP contribution < -0.4 is 0 Å². The first-order valence-corrected chi connectivity index (χ1v) is 6.44. The van der Waals surface area contributed by atoms with Crippen molar-refractivity contribution in [1.82, 2.24) is 0 Å². The Morgan fingerprint density at radius 3 is 2.50 bits per heavy atom. The molecule has 0 aliphatic heterocycles. The van der Waals surface area contributed by atoms with Crippen molar-refractivity contribution < 1.29 is 5.11 Å². The van der Waals surface area contributed by atoms with Crippen LogP contribution in [0.3, 0.4) is 0 Å². The highest BCUT2D eigenvalue weighted by molar-refractivity contribution is 7.08. The standard InChI is InChI=1S/C13H13ClOS/c1-9-7-16-8-12(9)13(15)6-10-2-4-11(14)5-3-10/h2-5,7-8,13,15H,6H2,1H3. The molecule has 1 nitrogen and oxygen atoms in total. The summed E-state index contributed by atoms with van der Waals surface area (Å²) in [5.41, 5.74) is 3.29. The van der Waals surface area contributed by atoms with Gasteiger partial charge >= 0.3 is 0 Å². The van der Waals surface area contributed by atoms with E-state index in [2.05, 4.69) is 5.38 Å². The maximum absolute atomic E-state index is 10.1. The van der Waals surface area contributed by atoms with Crippen LogP contribution in [0.25, 0.3) is 0 Å². The number of hydrogen-bond acceptors (Lipinski definition) is 2. The smallest absolute Gasteiger partial charge is 0.0840 e. The van der Waals surface area contributed by atoms with Crippen molar-refractivity contribution in [2.75, 3.05) is 0 Å². The number of aryl methyl sites for hydroxylation is 1. The van der Waals surface area contributed by atoms with Crippen LogP contribution >= 0.6 is 22.9 Å². The Morgan fingerprint density at radius 2 is 1.94 bits per heavy atom. The number of aliphatic hydroxyl groups is 1. The van der Waals surface area contributed by atoms with E-state index in [1.165, 1.54) is 0 Å². The second kappa shape index (κ2) is 5.00. The Balaban J connectivity index is 2.10. The number of benzene rings is 1. The predicted molar refractivity (Wildman–Crippen MR) is 69.2 cm³/mol. The SMILES string of the molecule is Cc1cscc1C(O)Cc1ccc(Cl)cc1. The first kappa shape index (κ1) is 11.6. The third kappa shape index (κ3) is 2.64. The van der Waals surface area contributed by atoms with Crippen molar-refractivity contribution in [3.8, 4) is 0 Å². The summed E-state index contributed by atoms with van der Waals surface area (Å²) in [7, 11) is 0. The second-order valence-corrected chi connectivity index (χ2v) is 5.04. The lowest BCUT2D eigenvalue weighted by Gasteiger charge is -2.10. The molecule has 16 heavy (non-hydrogen) atoms. The average Bonchev–Trinajstić information content (AvgIpc) is 2.68. The van der Waals surface area contributed by atoms with Crippen LogP contribution in [-0.4, -0.2) is 5.11 Å². The lowest BCUT2D eigenvalue weighted by molar-refractivity contribution is 0.178. The van der Waals surface area contributed by atoms with Gasteiger partial charge in [0, 0.05) is 11.4 Å². The second-order valence-electron chi connectivity index (χ2n) is 3.86. The lowest BCUT2D eigenvalue weighted by Crippen LogP contribution is -2.01. The molecule has 0 aliphatic carbocycles. The van der Waals surface area contributed by atoms with Gasteiger partial charge in [-0.05, 0) is 46.5 Å². The topological polar surface area (TPSA) is 20.2 Å². The summed E-state index contributed by atoms with van der Waals surface area (Å²) in [6.45, 7) is 2.02. The van der Waals surface area contributed by atoms with Crippen LogP contribution in [0, 0.1) is 6.92 Å². The molecule has 0 aliphatic rings. The van der Waals surface area contributed by atoms with Crippen LogP contribution in [0.1, 0.15) is 22.8 Å². The van der Waals surface area contributed by atoms with Gasteiger partial charge in [-0.3, -0.25) is 0 Å². The summed E-state index contributed by atoms with van der Waals surface area (Å²) >= 11 is 7.44. The van der Waals surface area contributed by atoms with Crippen LogP contribution in [0.15, 0.2) is 35.0 Å². The Bertz CT molecular complexity index is 461. The van der Waals surface area contributed by atoms with E-state index in [4.69, 9.17) is 11.6 Å². The van der Waals surface area contributed by atoms with Gasteiger partial charge in [-0.25, -0.2) is 0 Å². The van der Waals surface area contributed by atoms with Gasteiger partial charge in [-0.2, -0.15) is 11.3 Å². The Morgan fingerprint density at radius 1 is 1.25 bits per heavy atom. The van der Waals surface area contributed by atoms with E-state index in [-0.39, 0.29) is 0 Å². The summed E-state index contributed by atoms with van der Waals surface area (Å²) in [5, 5.41) is 14.9. The Hall–Kier alpha value is -0.830. The van der Waals surface area contributed by atoms with E-state index in [0.29, 0.717) is 6.42 Å². The monoisotopic (exact) mass is 252 g/mol. The molecule has 3 heteroatoms. The normalized spacial score (nSPS) is 12.7. The van der Waals surface area contributed by atoms with Crippen molar-refractivity contribution in [1.29, 1.82) is 0 Å². The molecule has 0 spiro atoms. The molecule has 2 rings (SSSR count). The molecule has 0 saturated carbocycles. The van der Waals surface area contributed by atoms with Crippen molar-refractivity contribution >= 4 is 22.9 Å². The van der Waals surface area contributed by atoms with Gasteiger partial charge in [0.15, 0.2) is 0 Å². The summed E-state index contributed by atoms with van der Waals surface area (Å²) in [6.07, 6.45) is 0.210. The molecule has 1 N–H and O–H groups in total. The number of halogens is 1. The lowest BCUT2D eigenvalue weighted by atomic mass is 10.0. The molecule has 2 aromatic rings. The van der Waals surface area contributed by atoms with Gasteiger partial charge in [0.05, 0.1) is 6.10 Å². The van der Waals surface area contributed by atoms with Crippen LogP contribution in [-0.2, 0) is 6.42 Å². The number of rotatable bonds is 3. The zero-order valence-corrected chi connectivity index (χ0v) is 10.6. The van der Waals surface area contributed by atoms with Crippen molar-refractivity contribution in [2.24, 2.45) is 0 Å². The predicted octanol–water partition coefficient (Wildman–Crippen LogP) is 3.99. The minimum Gasteiger partial charge on any atom is -0.388 e. The van der Waals surface area contributed by atoms with Gasteiger partial charge in [0.25, 0.3) is 0 Å². The summed E-state index contributed by atoms with van der Waals surface area (Å²) in [6, 6.07) is 7.61. The zero-order valence-electron chi connectivity index (χ0n) is 8.98. The van der Waals surface area contributed by atoms with E-state index >= 15 is 0 Å². The molecule has 1 heterocycles. The fourth-order valence-corrected chi connectivity index (χ4v) is 2.69. The highest BCUT2D eigenvalue weighted by Crippen LogP contribution is 2.25. The fourth-order valence-electron chi connectivity index (χ4n) is 1.67. The van der Waals surface area contributed by atoms with Gasteiger partial charge in [0.2, 0.25) is 0 Å². The largest absolute Gasteiger partial charge is 0.388 e. The Labute approximate surface area is 104 Å². The summed E-state index contributed by atoms with van der Waals surface area (Å²) in [4.78, 5) is 0. The minimum absolute atomic E-state index is 0.424. The number of hydrogen-bond donors (Lipinski definition) is 1. The Kier molecular flexibility index (Phi) is 3.64. The van der Waals surface area contributed by atoms with Crippen molar-refractivity contribution in [3.05, 3.63) is 56.7 Å². The molecule has 0 bridgehead atoms. The molecule has 0 fully saturated rings. The van der Waals surface area contributed by atoms with Crippen molar-refractivity contribution in [2.45, 2.75) is 19.4 Å². The van der Waals surface area contributed by atoms with Crippen LogP contribution in [0.4, 0.5) is 0 Å². The zero-order chi connectivity index (χ0) is 11.5. The molecular weight excluding hydrogens is 240 g/mol. The van der Waals surface area contributed by atoms with Gasteiger partial charge in [-0.1, -0.05) is 23.7 Å². The maximum atomic E-state index is 10.1. The molecule has 0 amide bonds. The first-order chi connectivity index (χ1) is 7.66. The first-order valence-electron chi connectivity index (χ1n) is 5.12. The van der Waals surface area contributed by atoms with E-state index in [1.54, 1.807) is 11.3 Å². The average molecular weight is 253 g/mol. The molecule has 84 valence electrons. The summed E-state index contributed by atoms with van der Waals surface area (Å²) in [5.74, 6) is 0. The minimum atomic E-state index is -0.424. The summed E-state index contributed by atoms with van der Waals surface area (Å²) < 4.78 is 0. The van der Waals surface area contributed by atoms with Gasteiger partial charge in [-0.15, -0.1) is 0 Å². The fraction of sp³-hybridized carbons (Fsp3) is 0.231. The van der Waals surface area contributed by atoms with E-state index in [0.717, 1.165) is 21.7 Å². The van der Waals surface area contributed by atoms with Gasteiger partial charge in [0.1, 0.15) is 0 Å². The van der Waals surface area contributed by atoms with E-state index in [1.807, 2.05) is 36.6 Å². The van der Waals surface area contributed by atoms with Gasteiger partial charge < -0.3 is 5.11 Å².